The molecule has 1 N–H and O–H groups in total. The van der Waals surface area contributed by atoms with Crippen LogP contribution in [0.2, 0.25) is 0 Å². The van der Waals surface area contributed by atoms with Crippen LogP contribution in [0.25, 0.3) is 0 Å². The maximum Gasteiger partial charge on any atom is 0.256 e. The van der Waals surface area contributed by atoms with E-state index < -0.39 is 11.9 Å². The Bertz CT molecular complexity index is 741. The number of amides is 3. The summed E-state index contributed by atoms with van der Waals surface area (Å²) in [5, 5.41) is 2.83. The first kappa shape index (κ1) is 21.3. The van der Waals surface area contributed by atoms with E-state index in [-0.39, 0.29) is 23.3 Å². The summed E-state index contributed by atoms with van der Waals surface area (Å²) in [5.74, 6) is -0.667. The molecule has 1 aliphatic carbocycles. The van der Waals surface area contributed by atoms with Gasteiger partial charge in [-0.15, -0.1) is 0 Å². The predicted octanol–water partition coefficient (Wildman–Crippen LogP) is 2.59. The van der Waals surface area contributed by atoms with Gasteiger partial charge < -0.3 is 15.1 Å². The molecule has 7 heteroatoms. The van der Waals surface area contributed by atoms with Crippen molar-refractivity contribution in [2.45, 2.75) is 51.5 Å². The number of benzene rings is 1. The third-order valence-corrected chi connectivity index (χ3v) is 5.93. The van der Waals surface area contributed by atoms with Gasteiger partial charge in [0.15, 0.2) is 0 Å². The van der Waals surface area contributed by atoms with Crippen LogP contribution >= 0.6 is 0 Å². The minimum atomic E-state index is -0.583. The third-order valence-electron chi connectivity index (χ3n) is 5.93. The highest BCUT2D eigenvalue weighted by Gasteiger charge is 2.29. The molecule has 0 aromatic heterocycles. The summed E-state index contributed by atoms with van der Waals surface area (Å²) in [6, 6.07) is 5.34. The fourth-order valence-electron chi connectivity index (χ4n) is 4.22. The lowest BCUT2D eigenvalue weighted by molar-refractivity contribution is -0.137. The molecular formula is C22H30FN3O3. The zero-order chi connectivity index (χ0) is 20.8. The molecule has 158 valence electrons. The second-order valence-corrected chi connectivity index (χ2v) is 8.09. The smallest absolute Gasteiger partial charge is 0.256 e. The fourth-order valence-corrected chi connectivity index (χ4v) is 4.22. The lowest BCUT2D eigenvalue weighted by Crippen LogP contribution is -2.55. The molecule has 1 saturated heterocycles. The maximum absolute atomic E-state index is 13.8. The van der Waals surface area contributed by atoms with Crippen LogP contribution in [-0.2, 0) is 9.59 Å². The average molecular weight is 403 g/mol. The monoisotopic (exact) mass is 403 g/mol. The third kappa shape index (κ3) is 5.55. The van der Waals surface area contributed by atoms with E-state index in [1.165, 1.54) is 31.4 Å². The Morgan fingerprint density at radius 3 is 2.31 bits per heavy atom. The summed E-state index contributed by atoms with van der Waals surface area (Å²) >= 11 is 0. The minimum absolute atomic E-state index is 0.0515. The zero-order valence-electron chi connectivity index (χ0n) is 17.0. The second kappa shape index (κ2) is 9.85. The summed E-state index contributed by atoms with van der Waals surface area (Å²) in [6.07, 6.45) is 6.28. The van der Waals surface area contributed by atoms with Crippen LogP contribution in [0, 0.1) is 11.7 Å². The van der Waals surface area contributed by atoms with Crippen molar-refractivity contribution in [3.63, 3.8) is 0 Å². The molecule has 2 fully saturated rings. The Morgan fingerprint density at radius 1 is 1.03 bits per heavy atom. The van der Waals surface area contributed by atoms with Crippen molar-refractivity contribution in [2.24, 2.45) is 5.92 Å². The normalized spacial score (nSPS) is 19.0. The number of halogens is 1. The molecule has 1 aromatic carbocycles. The molecule has 0 spiro atoms. The largest absolute Gasteiger partial charge is 0.345 e. The minimum Gasteiger partial charge on any atom is -0.345 e. The zero-order valence-corrected chi connectivity index (χ0v) is 17.0. The van der Waals surface area contributed by atoms with Gasteiger partial charge in [0, 0.05) is 32.6 Å². The molecule has 2 aliphatic rings. The maximum atomic E-state index is 13.8. The van der Waals surface area contributed by atoms with Gasteiger partial charge in [-0.2, -0.15) is 0 Å². The standard InChI is InChI=1S/C22H30FN3O3/c1-16(24-20(27)15-17-7-3-2-4-8-17)21(28)25-11-13-26(14-12-25)22(29)18-9-5-6-10-19(18)23/h5-6,9-10,16-17H,2-4,7-8,11-15H2,1H3,(H,24,27). The Balaban J connectivity index is 1.46. The SMILES string of the molecule is CC(NC(=O)CC1CCCCC1)C(=O)N1CCN(C(=O)c2ccccc2F)CC1. The van der Waals surface area contributed by atoms with E-state index >= 15 is 0 Å². The number of carbonyl (C=O) groups is 3. The van der Waals surface area contributed by atoms with Crippen molar-refractivity contribution in [1.82, 2.24) is 15.1 Å². The number of carbonyl (C=O) groups excluding carboxylic acids is 3. The van der Waals surface area contributed by atoms with Gasteiger partial charge in [0.05, 0.1) is 5.56 Å². The molecular weight excluding hydrogens is 373 g/mol. The topological polar surface area (TPSA) is 69.7 Å². The van der Waals surface area contributed by atoms with Crippen molar-refractivity contribution in [3.8, 4) is 0 Å². The van der Waals surface area contributed by atoms with Gasteiger partial charge in [0.1, 0.15) is 11.9 Å². The quantitative estimate of drug-likeness (QED) is 0.822. The fraction of sp³-hybridized carbons (Fsp3) is 0.591. The van der Waals surface area contributed by atoms with Gasteiger partial charge in [-0.1, -0.05) is 31.4 Å². The average Bonchev–Trinajstić information content (AvgIpc) is 2.74. The lowest BCUT2D eigenvalue weighted by Gasteiger charge is -2.36. The van der Waals surface area contributed by atoms with Crippen LogP contribution in [0.1, 0.15) is 55.8 Å². The van der Waals surface area contributed by atoms with Crippen LogP contribution in [-0.4, -0.2) is 59.7 Å². The summed E-state index contributed by atoms with van der Waals surface area (Å²) in [4.78, 5) is 40.7. The van der Waals surface area contributed by atoms with Gasteiger partial charge in [-0.25, -0.2) is 4.39 Å². The van der Waals surface area contributed by atoms with Crippen molar-refractivity contribution >= 4 is 17.7 Å². The number of hydrogen-bond acceptors (Lipinski definition) is 3. The van der Waals surface area contributed by atoms with E-state index in [2.05, 4.69) is 5.32 Å². The van der Waals surface area contributed by atoms with E-state index in [1.807, 2.05) is 0 Å². The van der Waals surface area contributed by atoms with Crippen LogP contribution in [0.5, 0.6) is 0 Å². The highest BCUT2D eigenvalue weighted by Crippen LogP contribution is 2.26. The Labute approximate surface area is 171 Å². The first-order valence-corrected chi connectivity index (χ1v) is 10.6. The molecule has 1 saturated carbocycles. The number of rotatable bonds is 5. The van der Waals surface area contributed by atoms with Crippen molar-refractivity contribution in [3.05, 3.63) is 35.6 Å². The highest BCUT2D eigenvalue weighted by molar-refractivity contribution is 5.94. The molecule has 1 heterocycles. The Kier molecular flexibility index (Phi) is 7.23. The van der Waals surface area contributed by atoms with Crippen LogP contribution in [0.3, 0.4) is 0 Å². The van der Waals surface area contributed by atoms with E-state index in [4.69, 9.17) is 0 Å². The number of nitrogens with one attached hydrogen (secondary N) is 1. The number of piperazine rings is 1. The Hall–Kier alpha value is -2.44. The van der Waals surface area contributed by atoms with Gasteiger partial charge in [0.2, 0.25) is 11.8 Å². The van der Waals surface area contributed by atoms with Crippen molar-refractivity contribution < 1.29 is 18.8 Å². The van der Waals surface area contributed by atoms with Gasteiger partial charge in [-0.05, 0) is 37.8 Å². The summed E-state index contributed by atoms with van der Waals surface area (Å²) in [6.45, 7) is 3.16. The van der Waals surface area contributed by atoms with Crippen LogP contribution in [0.15, 0.2) is 24.3 Å². The van der Waals surface area contributed by atoms with Gasteiger partial charge >= 0.3 is 0 Å². The molecule has 0 bridgehead atoms. The molecule has 1 unspecified atom stereocenters. The summed E-state index contributed by atoms with van der Waals surface area (Å²) in [7, 11) is 0. The lowest BCUT2D eigenvalue weighted by atomic mass is 9.87. The molecule has 0 radical (unpaired) electrons. The second-order valence-electron chi connectivity index (χ2n) is 8.09. The number of nitrogens with zero attached hydrogens (tertiary/aromatic N) is 2. The molecule has 29 heavy (non-hydrogen) atoms. The summed E-state index contributed by atoms with van der Waals surface area (Å²) in [5.41, 5.74) is 0.0515. The van der Waals surface area contributed by atoms with E-state index in [0.717, 1.165) is 12.8 Å². The van der Waals surface area contributed by atoms with E-state index in [9.17, 15) is 18.8 Å². The van der Waals surface area contributed by atoms with Gasteiger partial charge in [-0.3, -0.25) is 14.4 Å². The molecule has 6 nitrogen and oxygen atoms in total. The molecule has 3 amide bonds. The molecule has 1 aliphatic heterocycles. The summed E-state index contributed by atoms with van der Waals surface area (Å²) < 4.78 is 13.8. The molecule has 1 aromatic rings. The number of hydrogen-bond donors (Lipinski definition) is 1. The van der Waals surface area contributed by atoms with E-state index in [0.29, 0.717) is 38.5 Å². The molecule has 1 atom stereocenters. The molecule has 3 rings (SSSR count). The van der Waals surface area contributed by atoms with E-state index in [1.54, 1.807) is 28.9 Å². The van der Waals surface area contributed by atoms with Crippen molar-refractivity contribution in [1.29, 1.82) is 0 Å². The van der Waals surface area contributed by atoms with Crippen molar-refractivity contribution in [2.75, 3.05) is 26.2 Å². The van der Waals surface area contributed by atoms with Gasteiger partial charge in [0.25, 0.3) is 5.91 Å². The first-order valence-electron chi connectivity index (χ1n) is 10.6. The predicted molar refractivity (Wildman–Crippen MR) is 108 cm³/mol. The highest BCUT2D eigenvalue weighted by atomic mass is 19.1. The first-order chi connectivity index (χ1) is 14.0. The van der Waals surface area contributed by atoms with Crippen LogP contribution in [0.4, 0.5) is 4.39 Å². The van der Waals surface area contributed by atoms with Crippen LogP contribution < -0.4 is 5.32 Å². The Morgan fingerprint density at radius 2 is 1.66 bits per heavy atom.